The summed E-state index contributed by atoms with van der Waals surface area (Å²) in [5, 5.41) is 2.47. The lowest BCUT2D eigenvalue weighted by Gasteiger charge is -2.13. The standard InChI is InChI=1S/C22H19F3N2O3S/c1-14-4-3-5-19(12-14)27-31(29,30)20-13-16(7-6-15(20)2)21(28)26-18-10-8-17(9-11-18)22(23,24)25/h3-13,27H,1-2H3,(H,26,28). The first-order valence-corrected chi connectivity index (χ1v) is 10.6. The molecule has 1 amide bonds. The molecule has 3 aromatic rings. The summed E-state index contributed by atoms with van der Waals surface area (Å²) in [6.07, 6.45) is -4.48. The van der Waals surface area contributed by atoms with Crippen LogP contribution in [0.2, 0.25) is 0 Å². The van der Waals surface area contributed by atoms with Gasteiger partial charge in [-0.3, -0.25) is 9.52 Å². The predicted molar refractivity (Wildman–Crippen MR) is 113 cm³/mol. The molecule has 0 radical (unpaired) electrons. The van der Waals surface area contributed by atoms with Gasteiger partial charge in [-0.25, -0.2) is 8.42 Å². The molecule has 5 nitrogen and oxygen atoms in total. The number of amides is 1. The smallest absolute Gasteiger partial charge is 0.322 e. The summed E-state index contributed by atoms with van der Waals surface area (Å²) in [4.78, 5) is 12.5. The van der Waals surface area contributed by atoms with Crippen molar-refractivity contribution in [3.8, 4) is 0 Å². The van der Waals surface area contributed by atoms with Gasteiger partial charge in [0, 0.05) is 16.9 Å². The van der Waals surface area contributed by atoms with E-state index in [9.17, 15) is 26.4 Å². The number of sulfonamides is 1. The number of aryl methyl sites for hydroxylation is 2. The van der Waals surface area contributed by atoms with Crippen LogP contribution in [0.5, 0.6) is 0 Å². The highest BCUT2D eigenvalue weighted by molar-refractivity contribution is 7.92. The molecule has 0 saturated heterocycles. The third kappa shape index (κ3) is 5.43. The van der Waals surface area contributed by atoms with Crippen LogP contribution >= 0.6 is 0 Å². The summed E-state index contributed by atoms with van der Waals surface area (Å²) in [6, 6.07) is 15.0. The first-order valence-electron chi connectivity index (χ1n) is 9.14. The van der Waals surface area contributed by atoms with Gasteiger partial charge in [0.15, 0.2) is 0 Å². The van der Waals surface area contributed by atoms with Gasteiger partial charge in [0.1, 0.15) is 0 Å². The van der Waals surface area contributed by atoms with Crippen LogP contribution in [0, 0.1) is 13.8 Å². The van der Waals surface area contributed by atoms with Crippen molar-refractivity contribution in [2.24, 2.45) is 0 Å². The molecule has 0 fully saturated rings. The maximum atomic E-state index is 12.8. The minimum Gasteiger partial charge on any atom is -0.322 e. The fourth-order valence-electron chi connectivity index (χ4n) is 2.90. The van der Waals surface area contributed by atoms with Gasteiger partial charge >= 0.3 is 6.18 Å². The molecule has 9 heteroatoms. The van der Waals surface area contributed by atoms with E-state index in [2.05, 4.69) is 10.0 Å². The SMILES string of the molecule is Cc1cccc(NS(=O)(=O)c2cc(C(=O)Nc3ccc(C(F)(F)F)cc3)ccc2C)c1. The van der Waals surface area contributed by atoms with Gasteiger partial charge < -0.3 is 5.32 Å². The van der Waals surface area contributed by atoms with Crippen molar-refractivity contribution in [1.29, 1.82) is 0 Å². The van der Waals surface area contributed by atoms with Gasteiger partial charge in [-0.15, -0.1) is 0 Å². The summed E-state index contributed by atoms with van der Waals surface area (Å²) in [6.45, 7) is 3.43. The number of benzene rings is 3. The largest absolute Gasteiger partial charge is 0.416 e. The molecule has 0 unspecified atom stereocenters. The minimum absolute atomic E-state index is 0.0510. The molecular formula is C22H19F3N2O3S. The second-order valence-electron chi connectivity index (χ2n) is 6.98. The van der Waals surface area contributed by atoms with Crippen molar-refractivity contribution in [3.63, 3.8) is 0 Å². The van der Waals surface area contributed by atoms with E-state index in [-0.39, 0.29) is 16.1 Å². The van der Waals surface area contributed by atoms with Crippen molar-refractivity contribution in [2.75, 3.05) is 10.0 Å². The van der Waals surface area contributed by atoms with Crippen LogP contribution in [0.25, 0.3) is 0 Å². The molecule has 3 aromatic carbocycles. The van der Waals surface area contributed by atoms with E-state index >= 15 is 0 Å². The average molecular weight is 448 g/mol. The molecule has 0 atom stereocenters. The van der Waals surface area contributed by atoms with Crippen molar-refractivity contribution < 1.29 is 26.4 Å². The summed E-state index contributed by atoms with van der Waals surface area (Å²) < 4.78 is 66.2. The number of hydrogen-bond acceptors (Lipinski definition) is 3. The number of carbonyl (C=O) groups excluding carboxylic acids is 1. The van der Waals surface area contributed by atoms with E-state index in [4.69, 9.17) is 0 Å². The normalized spacial score (nSPS) is 11.8. The quantitative estimate of drug-likeness (QED) is 0.551. The van der Waals surface area contributed by atoms with Crippen molar-refractivity contribution in [2.45, 2.75) is 24.9 Å². The Morgan fingerprint density at radius 1 is 0.871 bits per heavy atom. The molecule has 3 rings (SSSR count). The van der Waals surface area contributed by atoms with Crippen LogP contribution in [0.1, 0.15) is 27.0 Å². The van der Waals surface area contributed by atoms with Gasteiger partial charge in [-0.2, -0.15) is 13.2 Å². The summed E-state index contributed by atoms with van der Waals surface area (Å²) in [5.41, 5.74) is 1.07. The third-order valence-corrected chi connectivity index (χ3v) is 6.00. The molecule has 0 aliphatic rings. The molecule has 31 heavy (non-hydrogen) atoms. The molecule has 0 aromatic heterocycles. The summed E-state index contributed by atoms with van der Waals surface area (Å²) in [7, 11) is -3.97. The Morgan fingerprint density at radius 3 is 2.16 bits per heavy atom. The number of rotatable bonds is 5. The van der Waals surface area contributed by atoms with Crippen LogP contribution < -0.4 is 10.0 Å². The molecule has 0 bridgehead atoms. The topological polar surface area (TPSA) is 75.3 Å². The van der Waals surface area contributed by atoms with Crippen molar-refractivity contribution in [1.82, 2.24) is 0 Å². The molecule has 0 saturated carbocycles. The van der Waals surface area contributed by atoms with Gasteiger partial charge in [0.2, 0.25) is 0 Å². The Bertz CT molecular complexity index is 1220. The van der Waals surface area contributed by atoms with E-state index in [1.807, 2.05) is 13.0 Å². The van der Waals surface area contributed by atoms with Crippen molar-refractivity contribution in [3.05, 3.63) is 89.0 Å². The molecular weight excluding hydrogens is 429 g/mol. The first-order chi connectivity index (χ1) is 14.5. The number of nitrogens with one attached hydrogen (secondary N) is 2. The molecule has 0 heterocycles. The maximum Gasteiger partial charge on any atom is 0.416 e. The summed E-state index contributed by atoms with van der Waals surface area (Å²) in [5.74, 6) is -0.647. The number of carbonyl (C=O) groups is 1. The fourth-order valence-corrected chi connectivity index (χ4v) is 4.22. The zero-order valence-corrected chi connectivity index (χ0v) is 17.4. The Labute approximate surface area is 178 Å². The van der Waals surface area contributed by atoms with Crippen LogP contribution in [0.4, 0.5) is 24.5 Å². The molecule has 0 aliphatic heterocycles. The average Bonchev–Trinajstić information content (AvgIpc) is 2.67. The molecule has 0 spiro atoms. The lowest BCUT2D eigenvalue weighted by Crippen LogP contribution is -2.17. The van der Waals surface area contributed by atoms with Gasteiger partial charge in [-0.05, 0) is 73.5 Å². The Kier molecular flexibility index (Phi) is 6.08. The van der Waals surface area contributed by atoms with E-state index in [1.165, 1.54) is 18.2 Å². The molecule has 162 valence electrons. The van der Waals surface area contributed by atoms with Gasteiger partial charge in [-0.1, -0.05) is 18.2 Å². The van der Waals surface area contributed by atoms with Crippen LogP contribution in [-0.2, 0) is 16.2 Å². The van der Waals surface area contributed by atoms with Gasteiger partial charge in [0.25, 0.3) is 15.9 Å². The van der Waals surface area contributed by atoms with E-state index < -0.39 is 27.7 Å². The van der Waals surface area contributed by atoms with E-state index in [0.29, 0.717) is 11.3 Å². The van der Waals surface area contributed by atoms with Crippen molar-refractivity contribution >= 4 is 27.3 Å². The minimum atomic E-state index is -4.48. The second-order valence-corrected chi connectivity index (χ2v) is 8.64. The highest BCUT2D eigenvalue weighted by atomic mass is 32.2. The Hall–Kier alpha value is -3.33. The van der Waals surface area contributed by atoms with E-state index in [0.717, 1.165) is 29.8 Å². The number of halogens is 3. The fraction of sp³-hybridized carbons (Fsp3) is 0.136. The maximum absolute atomic E-state index is 12.8. The third-order valence-electron chi connectivity index (χ3n) is 4.48. The lowest BCUT2D eigenvalue weighted by atomic mass is 10.1. The Balaban J connectivity index is 1.83. The Morgan fingerprint density at radius 2 is 1.55 bits per heavy atom. The number of anilines is 2. The first kappa shape index (κ1) is 22.4. The monoisotopic (exact) mass is 448 g/mol. The van der Waals surface area contributed by atoms with Crippen LogP contribution in [0.15, 0.2) is 71.6 Å². The lowest BCUT2D eigenvalue weighted by molar-refractivity contribution is -0.137. The molecule has 0 aliphatic carbocycles. The zero-order chi connectivity index (χ0) is 22.8. The van der Waals surface area contributed by atoms with Crippen LogP contribution in [-0.4, -0.2) is 14.3 Å². The van der Waals surface area contributed by atoms with E-state index in [1.54, 1.807) is 25.1 Å². The number of alkyl halides is 3. The predicted octanol–water partition coefficient (Wildman–Crippen LogP) is 5.38. The molecule has 2 N–H and O–H groups in total. The summed E-state index contributed by atoms with van der Waals surface area (Å²) >= 11 is 0. The van der Waals surface area contributed by atoms with Gasteiger partial charge in [0.05, 0.1) is 10.5 Å². The highest BCUT2D eigenvalue weighted by Gasteiger charge is 2.30. The van der Waals surface area contributed by atoms with Crippen LogP contribution in [0.3, 0.4) is 0 Å². The second kappa shape index (κ2) is 8.43. The highest BCUT2D eigenvalue weighted by Crippen LogP contribution is 2.30. The number of hydrogen-bond donors (Lipinski definition) is 2. The zero-order valence-electron chi connectivity index (χ0n) is 16.6.